The molecule has 0 saturated carbocycles. The smallest absolute Gasteiger partial charge is 0.0494 e. The molecule has 0 unspecified atom stereocenters. The molecule has 0 aliphatic heterocycles. The van der Waals surface area contributed by atoms with Gasteiger partial charge < -0.3 is 11.1 Å². The van der Waals surface area contributed by atoms with Gasteiger partial charge in [0.15, 0.2) is 0 Å². The second kappa shape index (κ2) is 4.90. The van der Waals surface area contributed by atoms with E-state index in [4.69, 9.17) is 17.3 Å². The molecule has 3 heteroatoms. The van der Waals surface area contributed by atoms with Crippen LogP contribution in [0.4, 0.5) is 5.69 Å². The molecule has 1 aromatic carbocycles. The van der Waals surface area contributed by atoms with Gasteiger partial charge in [-0.2, -0.15) is 0 Å². The molecular weight excluding hydrogens is 184 g/mol. The van der Waals surface area contributed by atoms with Gasteiger partial charge in [-0.05, 0) is 23.4 Å². The Balaban J connectivity index is 3.00. The minimum absolute atomic E-state index is 0.476. The molecule has 13 heavy (non-hydrogen) atoms. The lowest BCUT2D eigenvalue weighted by Gasteiger charge is -2.08. The summed E-state index contributed by atoms with van der Waals surface area (Å²) >= 11 is 5.78. The summed E-state index contributed by atoms with van der Waals surface area (Å²) in [5.41, 5.74) is 8.64. The molecule has 2 nitrogen and oxygen atoms in total. The molecule has 1 rings (SSSR count). The Bertz CT molecular complexity index is 297. The quantitative estimate of drug-likeness (QED) is 0.726. The van der Waals surface area contributed by atoms with Crippen LogP contribution in [0.25, 0.3) is 0 Å². The van der Waals surface area contributed by atoms with Gasteiger partial charge in [0, 0.05) is 18.1 Å². The van der Waals surface area contributed by atoms with E-state index in [0.29, 0.717) is 12.4 Å². The lowest BCUT2D eigenvalue weighted by molar-refractivity contribution is 1.06. The fraction of sp³-hybridized carbons (Fsp3) is 0.200. The molecule has 3 N–H and O–H groups in total. The normalized spacial score (nSPS) is 9.69. The molecule has 0 saturated heterocycles. The van der Waals surface area contributed by atoms with Crippen molar-refractivity contribution >= 4 is 17.3 Å². The standard InChI is InChI=1S/C10H13ClN2/c1-2-13-10-4-3-8(7-12)5-9(10)6-11/h2-5,13H,1,6-7,12H2. The molecule has 0 aromatic heterocycles. The van der Waals surface area contributed by atoms with Crippen LogP contribution in [0.3, 0.4) is 0 Å². The first-order chi connectivity index (χ1) is 6.31. The third kappa shape index (κ3) is 2.47. The Hall–Kier alpha value is -0.990. The highest BCUT2D eigenvalue weighted by Crippen LogP contribution is 2.19. The van der Waals surface area contributed by atoms with Crippen molar-refractivity contribution in [2.75, 3.05) is 5.32 Å². The molecular formula is C10H13ClN2. The van der Waals surface area contributed by atoms with E-state index in [9.17, 15) is 0 Å². The van der Waals surface area contributed by atoms with E-state index in [-0.39, 0.29) is 0 Å². The number of hydrogen-bond donors (Lipinski definition) is 2. The van der Waals surface area contributed by atoms with E-state index in [1.165, 1.54) is 0 Å². The number of nitrogens with two attached hydrogens (primary N) is 1. The first kappa shape index (κ1) is 10.1. The predicted octanol–water partition coefficient (Wildman–Crippen LogP) is 2.44. The van der Waals surface area contributed by atoms with E-state index in [2.05, 4.69) is 11.9 Å². The average Bonchev–Trinajstić information content (AvgIpc) is 2.19. The monoisotopic (exact) mass is 196 g/mol. The zero-order valence-electron chi connectivity index (χ0n) is 7.39. The Morgan fingerprint density at radius 3 is 2.85 bits per heavy atom. The van der Waals surface area contributed by atoms with E-state index >= 15 is 0 Å². The Labute approximate surface area is 83.4 Å². The highest BCUT2D eigenvalue weighted by Gasteiger charge is 2.00. The van der Waals surface area contributed by atoms with Crippen LogP contribution in [0.2, 0.25) is 0 Å². The molecule has 0 atom stereocenters. The van der Waals surface area contributed by atoms with Crippen LogP contribution in [0.1, 0.15) is 11.1 Å². The lowest BCUT2D eigenvalue weighted by atomic mass is 10.1. The third-order valence-corrected chi connectivity index (χ3v) is 2.09. The number of alkyl halides is 1. The highest BCUT2D eigenvalue weighted by molar-refractivity contribution is 6.17. The Kier molecular flexibility index (Phi) is 3.80. The van der Waals surface area contributed by atoms with Crippen LogP contribution >= 0.6 is 11.6 Å². The maximum Gasteiger partial charge on any atom is 0.0494 e. The summed E-state index contributed by atoms with van der Waals surface area (Å²) in [6.45, 7) is 4.14. The van der Waals surface area contributed by atoms with Gasteiger partial charge in [0.25, 0.3) is 0 Å². The van der Waals surface area contributed by atoms with Gasteiger partial charge in [-0.1, -0.05) is 18.7 Å². The minimum atomic E-state index is 0.476. The fourth-order valence-electron chi connectivity index (χ4n) is 1.14. The van der Waals surface area contributed by atoms with Crippen LogP contribution < -0.4 is 11.1 Å². The maximum absolute atomic E-state index is 5.78. The van der Waals surface area contributed by atoms with Gasteiger partial charge in [0.05, 0.1) is 0 Å². The first-order valence-corrected chi connectivity index (χ1v) is 4.60. The third-order valence-electron chi connectivity index (χ3n) is 1.81. The number of anilines is 1. The largest absolute Gasteiger partial charge is 0.362 e. The van der Waals surface area contributed by atoms with Crippen LogP contribution in [-0.4, -0.2) is 0 Å². The zero-order chi connectivity index (χ0) is 9.68. The molecule has 0 aliphatic rings. The summed E-state index contributed by atoms with van der Waals surface area (Å²) in [5.74, 6) is 0.476. The maximum atomic E-state index is 5.78. The predicted molar refractivity (Wildman–Crippen MR) is 57.7 cm³/mol. The first-order valence-electron chi connectivity index (χ1n) is 4.07. The zero-order valence-corrected chi connectivity index (χ0v) is 8.14. The van der Waals surface area contributed by atoms with Gasteiger partial charge in [-0.15, -0.1) is 11.6 Å². The summed E-state index contributed by atoms with van der Waals surface area (Å²) in [4.78, 5) is 0. The van der Waals surface area contributed by atoms with Crippen molar-refractivity contribution in [3.05, 3.63) is 42.1 Å². The van der Waals surface area contributed by atoms with Crippen molar-refractivity contribution in [1.29, 1.82) is 0 Å². The van der Waals surface area contributed by atoms with Crippen molar-refractivity contribution in [2.45, 2.75) is 12.4 Å². The molecule has 70 valence electrons. The van der Waals surface area contributed by atoms with Gasteiger partial charge >= 0.3 is 0 Å². The summed E-state index contributed by atoms with van der Waals surface area (Å²) < 4.78 is 0. The van der Waals surface area contributed by atoms with E-state index < -0.39 is 0 Å². The summed E-state index contributed by atoms with van der Waals surface area (Å²) in [5, 5.41) is 3.02. The van der Waals surface area contributed by atoms with E-state index in [1.54, 1.807) is 6.20 Å². The fourth-order valence-corrected chi connectivity index (χ4v) is 1.36. The minimum Gasteiger partial charge on any atom is -0.362 e. The number of benzene rings is 1. The molecule has 0 bridgehead atoms. The molecule has 0 fully saturated rings. The van der Waals surface area contributed by atoms with E-state index in [1.807, 2.05) is 18.2 Å². The molecule has 1 aromatic rings. The summed E-state index contributed by atoms with van der Waals surface area (Å²) in [6, 6.07) is 5.93. The molecule has 0 heterocycles. The van der Waals surface area contributed by atoms with Crippen molar-refractivity contribution in [3.63, 3.8) is 0 Å². The SMILES string of the molecule is C=CNc1ccc(CN)cc1CCl. The Morgan fingerprint density at radius 1 is 1.54 bits per heavy atom. The number of nitrogens with one attached hydrogen (secondary N) is 1. The second-order valence-electron chi connectivity index (χ2n) is 2.68. The van der Waals surface area contributed by atoms with Crippen molar-refractivity contribution in [2.24, 2.45) is 5.73 Å². The lowest BCUT2D eigenvalue weighted by Crippen LogP contribution is -1.99. The summed E-state index contributed by atoms with van der Waals surface area (Å²) in [7, 11) is 0. The second-order valence-corrected chi connectivity index (χ2v) is 2.94. The molecule has 0 aliphatic carbocycles. The van der Waals surface area contributed by atoms with Gasteiger partial charge in [-0.3, -0.25) is 0 Å². The Morgan fingerprint density at radius 2 is 2.31 bits per heavy atom. The van der Waals surface area contributed by atoms with Crippen LogP contribution in [0.5, 0.6) is 0 Å². The average molecular weight is 197 g/mol. The van der Waals surface area contributed by atoms with Crippen molar-refractivity contribution in [3.8, 4) is 0 Å². The number of hydrogen-bond acceptors (Lipinski definition) is 2. The number of halogens is 1. The molecule has 0 amide bonds. The van der Waals surface area contributed by atoms with Crippen molar-refractivity contribution < 1.29 is 0 Å². The van der Waals surface area contributed by atoms with Crippen LogP contribution in [0.15, 0.2) is 31.0 Å². The van der Waals surface area contributed by atoms with Gasteiger partial charge in [-0.25, -0.2) is 0 Å². The van der Waals surface area contributed by atoms with Gasteiger partial charge in [0.2, 0.25) is 0 Å². The topological polar surface area (TPSA) is 38.0 Å². The number of rotatable bonds is 4. The van der Waals surface area contributed by atoms with Gasteiger partial charge in [0.1, 0.15) is 0 Å². The van der Waals surface area contributed by atoms with E-state index in [0.717, 1.165) is 16.8 Å². The summed E-state index contributed by atoms with van der Waals surface area (Å²) in [6.07, 6.45) is 1.63. The molecule has 0 spiro atoms. The molecule has 0 radical (unpaired) electrons. The van der Waals surface area contributed by atoms with Crippen LogP contribution in [0, 0.1) is 0 Å². The van der Waals surface area contributed by atoms with Crippen LogP contribution in [-0.2, 0) is 12.4 Å². The van der Waals surface area contributed by atoms with Crippen molar-refractivity contribution in [1.82, 2.24) is 0 Å². The highest BCUT2D eigenvalue weighted by atomic mass is 35.5.